The highest BCUT2D eigenvalue weighted by atomic mass is 35.5. The molecule has 1 heterocycles. The van der Waals surface area contributed by atoms with Crippen LogP contribution >= 0.6 is 11.6 Å². The summed E-state index contributed by atoms with van der Waals surface area (Å²) in [5.74, 6) is 2.86. The van der Waals surface area contributed by atoms with Crippen molar-refractivity contribution in [1.29, 1.82) is 0 Å². The lowest BCUT2D eigenvalue weighted by atomic mass is 9.84. The van der Waals surface area contributed by atoms with Crippen LogP contribution in [0.4, 0.5) is 0 Å². The van der Waals surface area contributed by atoms with Gasteiger partial charge in [0.15, 0.2) is 0 Å². The van der Waals surface area contributed by atoms with E-state index in [1.54, 1.807) is 4.68 Å². The molecule has 2 fully saturated rings. The van der Waals surface area contributed by atoms with E-state index in [9.17, 15) is 0 Å². The van der Waals surface area contributed by atoms with Crippen LogP contribution in [0.1, 0.15) is 43.9 Å². The molecule has 2 bridgehead atoms. The Morgan fingerprint density at radius 2 is 2.21 bits per heavy atom. The first kappa shape index (κ1) is 13.4. The first-order valence-electron chi connectivity index (χ1n) is 7.47. The van der Waals surface area contributed by atoms with E-state index in [2.05, 4.69) is 17.3 Å². The highest BCUT2D eigenvalue weighted by Crippen LogP contribution is 2.49. The predicted octanol–water partition coefficient (Wildman–Crippen LogP) is 3.30. The SMILES string of the molecule is Cc1nn(C)c(Cl)c1CNC(C)C1CC2CCC1C2. The van der Waals surface area contributed by atoms with E-state index < -0.39 is 0 Å². The molecule has 3 nitrogen and oxygen atoms in total. The third-order valence-corrected chi connectivity index (χ3v) is 5.78. The quantitative estimate of drug-likeness (QED) is 0.918. The fourth-order valence-corrected chi connectivity index (χ4v) is 4.44. The molecule has 106 valence electrons. The minimum Gasteiger partial charge on any atom is -0.310 e. The maximum absolute atomic E-state index is 6.28. The molecule has 2 aliphatic carbocycles. The van der Waals surface area contributed by atoms with Gasteiger partial charge >= 0.3 is 0 Å². The maximum Gasteiger partial charge on any atom is 0.131 e. The Kier molecular flexibility index (Phi) is 3.61. The predicted molar refractivity (Wildman–Crippen MR) is 78.2 cm³/mol. The zero-order valence-electron chi connectivity index (χ0n) is 12.1. The van der Waals surface area contributed by atoms with Crippen LogP contribution in [0.25, 0.3) is 0 Å². The number of hydrogen-bond donors (Lipinski definition) is 1. The minimum atomic E-state index is 0.589. The van der Waals surface area contributed by atoms with Crippen molar-refractivity contribution in [2.75, 3.05) is 0 Å². The summed E-state index contributed by atoms with van der Waals surface area (Å²) in [5.41, 5.74) is 2.19. The molecule has 4 atom stereocenters. The average molecular weight is 282 g/mol. The number of nitrogens with zero attached hydrogens (tertiary/aromatic N) is 2. The van der Waals surface area contributed by atoms with Crippen LogP contribution in [0.15, 0.2) is 0 Å². The van der Waals surface area contributed by atoms with Crippen LogP contribution in [0.5, 0.6) is 0 Å². The normalized spacial score (nSPS) is 31.1. The van der Waals surface area contributed by atoms with E-state index in [0.717, 1.165) is 40.7 Å². The van der Waals surface area contributed by atoms with Crippen LogP contribution < -0.4 is 5.32 Å². The molecule has 4 heteroatoms. The number of fused-ring (bicyclic) bond motifs is 2. The van der Waals surface area contributed by atoms with Gasteiger partial charge in [0, 0.05) is 25.2 Å². The highest BCUT2D eigenvalue weighted by Gasteiger charge is 2.41. The second-order valence-electron chi connectivity index (χ2n) is 6.49. The summed E-state index contributed by atoms with van der Waals surface area (Å²) in [7, 11) is 1.90. The molecule has 0 aliphatic heterocycles. The molecular formula is C15H24ClN3. The van der Waals surface area contributed by atoms with Gasteiger partial charge in [-0.05, 0) is 50.9 Å². The topological polar surface area (TPSA) is 29.9 Å². The molecule has 0 amide bonds. The van der Waals surface area contributed by atoms with Crippen molar-refractivity contribution in [2.45, 2.75) is 52.1 Å². The van der Waals surface area contributed by atoms with E-state index in [0.29, 0.717) is 6.04 Å². The van der Waals surface area contributed by atoms with E-state index in [1.165, 1.54) is 25.7 Å². The average Bonchev–Trinajstić information content (AvgIpc) is 3.05. The third kappa shape index (κ3) is 2.43. The Bertz CT molecular complexity index is 468. The van der Waals surface area contributed by atoms with Gasteiger partial charge in [0.25, 0.3) is 0 Å². The summed E-state index contributed by atoms with van der Waals surface area (Å²) < 4.78 is 1.76. The second kappa shape index (κ2) is 5.10. The molecule has 0 spiro atoms. The van der Waals surface area contributed by atoms with E-state index in [-0.39, 0.29) is 0 Å². The number of aryl methyl sites for hydroxylation is 2. The maximum atomic E-state index is 6.28. The van der Waals surface area contributed by atoms with Gasteiger partial charge < -0.3 is 5.32 Å². The van der Waals surface area contributed by atoms with Gasteiger partial charge in [-0.1, -0.05) is 18.0 Å². The third-order valence-electron chi connectivity index (χ3n) is 5.31. The fraction of sp³-hybridized carbons (Fsp3) is 0.800. The van der Waals surface area contributed by atoms with Crippen LogP contribution in [0.3, 0.4) is 0 Å². The van der Waals surface area contributed by atoms with Gasteiger partial charge in [-0.3, -0.25) is 4.68 Å². The zero-order valence-corrected chi connectivity index (χ0v) is 12.9. The molecular weight excluding hydrogens is 258 g/mol. The standard InChI is InChI=1S/C15H24ClN3/c1-9(13-7-11-4-5-12(13)6-11)17-8-14-10(2)18-19(3)15(14)16/h9,11-13,17H,4-8H2,1-3H3. The summed E-state index contributed by atoms with van der Waals surface area (Å²) in [6, 6.07) is 0.589. The van der Waals surface area contributed by atoms with Gasteiger partial charge in [-0.25, -0.2) is 0 Å². The monoisotopic (exact) mass is 281 g/mol. The molecule has 19 heavy (non-hydrogen) atoms. The van der Waals surface area contributed by atoms with Crippen molar-refractivity contribution in [1.82, 2.24) is 15.1 Å². The summed E-state index contributed by atoms with van der Waals surface area (Å²) in [4.78, 5) is 0. The second-order valence-corrected chi connectivity index (χ2v) is 6.84. The van der Waals surface area contributed by atoms with Crippen LogP contribution in [0.2, 0.25) is 5.15 Å². The Labute approximate surface area is 120 Å². The molecule has 1 N–H and O–H groups in total. The van der Waals surface area contributed by atoms with E-state index >= 15 is 0 Å². The van der Waals surface area contributed by atoms with Gasteiger partial charge in [-0.2, -0.15) is 5.10 Å². The highest BCUT2D eigenvalue weighted by molar-refractivity contribution is 6.30. The fourth-order valence-electron chi connectivity index (χ4n) is 4.20. The minimum absolute atomic E-state index is 0.589. The van der Waals surface area contributed by atoms with Crippen molar-refractivity contribution in [3.05, 3.63) is 16.4 Å². The van der Waals surface area contributed by atoms with Crippen LogP contribution in [-0.2, 0) is 13.6 Å². The van der Waals surface area contributed by atoms with Gasteiger partial charge in [0.1, 0.15) is 5.15 Å². The van der Waals surface area contributed by atoms with E-state index in [4.69, 9.17) is 11.6 Å². The van der Waals surface area contributed by atoms with E-state index in [1.807, 2.05) is 14.0 Å². The molecule has 4 unspecified atom stereocenters. The van der Waals surface area contributed by atoms with Crippen molar-refractivity contribution in [2.24, 2.45) is 24.8 Å². The summed E-state index contributed by atoms with van der Waals surface area (Å²) in [6.07, 6.45) is 5.83. The molecule has 2 saturated carbocycles. The smallest absolute Gasteiger partial charge is 0.131 e. The molecule has 0 saturated heterocycles. The molecule has 0 radical (unpaired) electrons. The van der Waals surface area contributed by atoms with Gasteiger partial charge in [0.05, 0.1) is 5.69 Å². The number of rotatable bonds is 4. The van der Waals surface area contributed by atoms with Gasteiger partial charge in [-0.15, -0.1) is 0 Å². The summed E-state index contributed by atoms with van der Waals surface area (Å²) in [6.45, 7) is 5.21. The zero-order chi connectivity index (χ0) is 13.6. The number of aromatic nitrogens is 2. The molecule has 0 aromatic carbocycles. The molecule has 1 aromatic heterocycles. The lowest BCUT2D eigenvalue weighted by Crippen LogP contribution is -2.36. The van der Waals surface area contributed by atoms with Crippen LogP contribution in [-0.4, -0.2) is 15.8 Å². The lowest BCUT2D eigenvalue weighted by molar-refractivity contribution is 0.259. The lowest BCUT2D eigenvalue weighted by Gasteiger charge is -2.28. The molecule has 1 aromatic rings. The van der Waals surface area contributed by atoms with Gasteiger partial charge in [0.2, 0.25) is 0 Å². The first-order valence-corrected chi connectivity index (χ1v) is 7.85. The number of halogens is 1. The summed E-state index contributed by atoms with van der Waals surface area (Å²) in [5, 5.41) is 8.82. The van der Waals surface area contributed by atoms with Crippen molar-refractivity contribution in [3.8, 4) is 0 Å². The number of hydrogen-bond acceptors (Lipinski definition) is 2. The molecule has 3 rings (SSSR count). The Hall–Kier alpha value is -0.540. The first-order chi connectivity index (χ1) is 9.06. The Morgan fingerprint density at radius 3 is 2.74 bits per heavy atom. The molecule has 2 aliphatic rings. The van der Waals surface area contributed by atoms with Crippen molar-refractivity contribution < 1.29 is 0 Å². The van der Waals surface area contributed by atoms with Crippen molar-refractivity contribution in [3.63, 3.8) is 0 Å². The van der Waals surface area contributed by atoms with Crippen molar-refractivity contribution >= 4 is 11.6 Å². The Balaban J connectivity index is 1.60. The largest absolute Gasteiger partial charge is 0.310 e. The number of nitrogens with one attached hydrogen (secondary N) is 1. The Morgan fingerprint density at radius 1 is 1.42 bits per heavy atom. The summed E-state index contributed by atoms with van der Waals surface area (Å²) >= 11 is 6.28. The van der Waals surface area contributed by atoms with Crippen LogP contribution in [0, 0.1) is 24.7 Å².